The average Bonchev–Trinajstić information content (AvgIpc) is 3.01. The molecule has 1 N–H and O–H groups in total. The molecule has 1 amide bonds. The van der Waals surface area contributed by atoms with Gasteiger partial charge in [0.25, 0.3) is 0 Å². The van der Waals surface area contributed by atoms with Crippen molar-refractivity contribution in [3.05, 3.63) is 36.0 Å². The van der Waals surface area contributed by atoms with Crippen LogP contribution in [0.3, 0.4) is 0 Å². The van der Waals surface area contributed by atoms with E-state index in [4.69, 9.17) is 4.74 Å². The molecular weight excluding hydrogens is 327 g/mol. The first-order chi connectivity index (χ1) is 11.4. The first-order valence-corrected chi connectivity index (χ1v) is 7.23. The van der Waals surface area contributed by atoms with Crippen LogP contribution in [-0.4, -0.2) is 23.2 Å². The van der Waals surface area contributed by atoms with E-state index >= 15 is 0 Å². The monoisotopic (exact) mass is 343 g/mol. The van der Waals surface area contributed by atoms with Gasteiger partial charge in [0.1, 0.15) is 5.75 Å². The fraction of sp³-hybridized carbons (Fsp3) is 0.400. The van der Waals surface area contributed by atoms with Crippen LogP contribution >= 0.6 is 0 Å². The summed E-state index contributed by atoms with van der Waals surface area (Å²) < 4.78 is 46.2. The van der Waals surface area contributed by atoms with Gasteiger partial charge in [0.15, 0.2) is 5.82 Å². The Balaban J connectivity index is 1.74. The highest BCUT2D eigenvalue weighted by Gasteiger charge is 2.38. The first-order valence-electron chi connectivity index (χ1n) is 7.23. The zero-order chi connectivity index (χ0) is 17.6. The van der Waals surface area contributed by atoms with Crippen LogP contribution in [0.25, 0.3) is 0 Å². The van der Waals surface area contributed by atoms with Crippen LogP contribution in [0, 0.1) is 0 Å². The molecule has 1 aromatic carbocycles. The van der Waals surface area contributed by atoms with E-state index in [-0.39, 0.29) is 24.6 Å². The molecule has 130 valence electrons. The molecule has 0 bridgehead atoms. The van der Waals surface area contributed by atoms with Crippen molar-refractivity contribution in [3.8, 4) is 5.75 Å². The number of ether oxygens (including phenoxy) is 1. The predicted octanol–water partition coefficient (Wildman–Crippen LogP) is 3.45. The number of amides is 1. The smallest absolute Gasteiger partial charge is 0.471 e. The fourth-order valence-corrected chi connectivity index (χ4v) is 2.00. The number of anilines is 1. The number of hydrogen-bond donors (Lipinski definition) is 1. The number of benzene rings is 1. The molecule has 0 fully saturated rings. The molecule has 0 aliphatic rings. The molecule has 1 heterocycles. The summed E-state index contributed by atoms with van der Waals surface area (Å²) in [7, 11) is 1.51. The van der Waals surface area contributed by atoms with E-state index in [1.807, 2.05) is 0 Å². The van der Waals surface area contributed by atoms with Crippen LogP contribution in [0.1, 0.15) is 31.0 Å². The molecule has 9 heteroatoms. The van der Waals surface area contributed by atoms with E-state index in [0.717, 1.165) is 0 Å². The molecule has 0 atom stereocenters. The molecule has 0 radical (unpaired) electrons. The van der Waals surface area contributed by atoms with Crippen LogP contribution in [0.5, 0.6) is 5.75 Å². The van der Waals surface area contributed by atoms with Gasteiger partial charge in [-0.1, -0.05) is 17.3 Å². The lowest BCUT2D eigenvalue weighted by Gasteiger charge is -2.09. The summed E-state index contributed by atoms with van der Waals surface area (Å²) in [6, 6.07) is 7.00. The summed E-state index contributed by atoms with van der Waals surface area (Å²) >= 11 is 0. The van der Waals surface area contributed by atoms with Gasteiger partial charge in [-0.2, -0.15) is 18.2 Å². The van der Waals surface area contributed by atoms with Gasteiger partial charge in [0.2, 0.25) is 5.91 Å². The Morgan fingerprint density at radius 3 is 2.71 bits per heavy atom. The third-order valence-electron chi connectivity index (χ3n) is 3.15. The second-order valence-electron chi connectivity index (χ2n) is 4.97. The number of halogens is 3. The number of para-hydroxylation sites is 2. The molecule has 0 spiro atoms. The molecule has 2 aromatic rings. The van der Waals surface area contributed by atoms with E-state index < -0.39 is 12.1 Å². The fourth-order valence-electron chi connectivity index (χ4n) is 2.00. The maximum absolute atomic E-state index is 12.3. The second-order valence-corrected chi connectivity index (χ2v) is 4.97. The van der Waals surface area contributed by atoms with Crippen LogP contribution in [0.2, 0.25) is 0 Å². The summed E-state index contributed by atoms with van der Waals surface area (Å²) in [5, 5.41) is 5.99. The van der Waals surface area contributed by atoms with E-state index in [0.29, 0.717) is 24.3 Å². The van der Waals surface area contributed by atoms with Gasteiger partial charge in [-0.25, -0.2) is 0 Å². The third-order valence-corrected chi connectivity index (χ3v) is 3.15. The quantitative estimate of drug-likeness (QED) is 0.779. The van der Waals surface area contributed by atoms with Gasteiger partial charge in [-0.15, -0.1) is 0 Å². The Hall–Kier alpha value is -2.58. The Bertz CT molecular complexity index is 686. The summed E-state index contributed by atoms with van der Waals surface area (Å²) in [4.78, 5) is 15.1. The minimum absolute atomic E-state index is 0.0209. The number of nitrogens with one attached hydrogen (secondary N) is 1. The molecule has 0 aliphatic carbocycles. The largest absolute Gasteiger partial charge is 0.495 e. The molecule has 0 unspecified atom stereocenters. The van der Waals surface area contributed by atoms with Crippen molar-refractivity contribution < 1.29 is 27.2 Å². The van der Waals surface area contributed by atoms with E-state index in [2.05, 4.69) is 20.0 Å². The molecule has 0 saturated carbocycles. The van der Waals surface area contributed by atoms with Crippen molar-refractivity contribution in [1.29, 1.82) is 0 Å². The zero-order valence-corrected chi connectivity index (χ0v) is 12.9. The van der Waals surface area contributed by atoms with Crippen molar-refractivity contribution in [3.63, 3.8) is 0 Å². The van der Waals surface area contributed by atoms with Crippen molar-refractivity contribution in [2.24, 2.45) is 0 Å². The number of nitrogens with zero attached hydrogens (tertiary/aromatic N) is 2. The molecule has 0 saturated heterocycles. The van der Waals surface area contributed by atoms with Crippen molar-refractivity contribution in [2.45, 2.75) is 31.9 Å². The Labute approximate surface area is 136 Å². The normalized spacial score (nSPS) is 11.3. The number of aromatic nitrogens is 2. The Morgan fingerprint density at radius 1 is 1.29 bits per heavy atom. The van der Waals surface area contributed by atoms with Crippen molar-refractivity contribution in [1.82, 2.24) is 10.1 Å². The summed E-state index contributed by atoms with van der Waals surface area (Å²) in [6.45, 7) is 0. The maximum atomic E-state index is 12.3. The van der Waals surface area contributed by atoms with Crippen molar-refractivity contribution >= 4 is 11.6 Å². The van der Waals surface area contributed by atoms with Gasteiger partial charge in [-0.05, 0) is 25.0 Å². The van der Waals surface area contributed by atoms with Crippen LogP contribution in [-0.2, 0) is 17.4 Å². The Morgan fingerprint density at radius 2 is 2.04 bits per heavy atom. The SMILES string of the molecule is COc1ccccc1NC(=O)CCCCc1noc(C(F)(F)F)n1. The maximum Gasteiger partial charge on any atom is 0.471 e. The highest BCUT2D eigenvalue weighted by Crippen LogP contribution is 2.27. The highest BCUT2D eigenvalue weighted by molar-refractivity contribution is 5.92. The highest BCUT2D eigenvalue weighted by atomic mass is 19.4. The predicted molar refractivity (Wildman–Crippen MR) is 78.5 cm³/mol. The molecule has 6 nitrogen and oxygen atoms in total. The van der Waals surface area contributed by atoms with Gasteiger partial charge in [0.05, 0.1) is 12.8 Å². The lowest BCUT2D eigenvalue weighted by Crippen LogP contribution is -2.12. The number of hydrogen-bond acceptors (Lipinski definition) is 5. The number of unbranched alkanes of at least 4 members (excludes halogenated alkanes) is 1. The number of rotatable bonds is 7. The summed E-state index contributed by atoms with van der Waals surface area (Å²) in [6.07, 6.45) is -3.25. The van der Waals surface area contributed by atoms with E-state index in [1.165, 1.54) is 7.11 Å². The number of carbonyl (C=O) groups is 1. The lowest BCUT2D eigenvalue weighted by atomic mass is 10.2. The van der Waals surface area contributed by atoms with Crippen molar-refractivity contribution in [2.75, 3.05) is 12.4 Å². The summed E-state index contributed by atoms with van der Waals surface area (Å²) in [5.74, 6) is -1.03. The minimum atomic E-state index is -4.64. The Kier molecular flexibility index (Phi) is 5.78. The molecule has 2 rings (SSSR count). The minimum Gasteiger partial charge on any atom is -0.495 e. The van der Waals surface area contributed by atoms with E-state index in [9.17, 15) is 18.0 Å². The zero-order valence-electron chi connectivity index (χ0n) is 12.9. The summed E-state index contributed by atoms with van der Waals surface area (Å²) in [5.41, 5.74) is 0.568. The first kappa shape index (κ1) is 17.8. The van der Waals surface area contributed by atoms with Gasteiger partial charge >= 0.3 is 12.1 Å². The molecule has 0 aliphatic heterocycles. The number of alkyl halides is 3. The van der Waals surface area contributed by atoms with Gasteiger partial charge < -0.3 is 14.6 Å². The standard InChI is InChI=1S/C15H16F3N3O3/c1-23-11-7-3-2-6-10(11)19-13(22)9-5-4-8-12-20-14(24-21-12)15(16,17)18/h2-3,6-7H,4-5,8-9H2,1H3,(H,19,22). The number of methoxy groups -OCH3 is 1. The van der Waals surface area contributed by atoms with E-state index in [1.54, 1.807) is 24.3 Å². The molecular formula is C15H16F3N3O3. The third kappa shape index (κ3) is 4.97. The lowest BCUT2D eigenvalue weighted by molar-refractivity contribution is -0.159. The molecule has 1 aromatic heterocycles. The number of carbonyl (C=O) groups excluding carboxylic acids is 1. The van der Waals surface area contributed by atoms with Crippen LogP contribution in [0.15, 0.2) is 28.8 Å². The number of aryl methyl sites for hydroxylation is 1. The topological polar surface area (TPSA) is 77.2 Å². The second kappa shape index (κ2) is 7.80. The average molecular weight is 343 g/mol. The van der Waals surface area contributed by atoms with Gasteiger partial charge in [0, 0.05) is 12.8 Å². The van der Waals surface area contributed by atoms with Crippen LogP contribution in [0.4, 0.5) is 18.9 Å². The molecule has 24 heavy (non-hydrogen) atoms. The van der Waals surface area contributed by atoms with Gasteiger partial charge in [-0.3, -0.25) is 4.79 Å². The van der Waals surface area contributed by atoms with Crippen LogP contribution < -0.4 is 10.1 Å².